The Bertz CT molecular complexity index is 726. The first-order valence-corrected chi connectivity index (χ1v) is 10.8. The van der Waals surface area contributed by atoms with Crippen LogP contribution in [0.2, 0.25) is 0 Å². The molecule has 0 radical (unpaired) electrons. The molecule has 28 heavy (non-hydrogen) atoms. The van der Waals surface area contributed by atoms with Crippen molar-refractivity contribution in [2.45, 2.75) is 31.2 Å². The number of quaternary nitrogens is 1. The van der Waals surface area contributed by atoms with Gasteiger partial charge in [-0.25, -0.2) is 0 Å². The number of hydrogen-bond acceptors (Lipinski definition) is 4. The zero-order valence-corrected chi connectivity index (χ0v) is 17.1. The summed E-state index contributed by atoms with van der Waals surface area (Å²) in [6.07, 6.45) is 0.247. The van der Waals surface area contributed by atoms with Crippen molar-refractivity contribution in [1.82, 2.24) is 4.90 Å². The number of ether oxygens (including phenoxy) is 1. The molecule has 1 aromatic rings. The number of nitrogens with zero attached hydrogens (tertiary/aromatic N) is 2. The Balaban J connectivity index is 0.000000300. The van der Waals surface area contributed by atoms with Gasteiger partial charge in [-0.1, -0.05) is 41.9 Å². The standard InChI is InChI=1S/C16H24ClN2O.CHF3O3S/c1-14(20-12-15-5-3-2-4-6-15)16-11-18-7-9-19(16,13-17)10-8-18;2-1(3,4)8(5,6)7/h2-6,14,16H,7-13H2,1H3;(H,5,6,7)/q+1;/t14-,16+;/m1./s1. The van der Waals surface area contributed by atoms with Crippen molar-refractivity contribution >= 4 is 21.7 Å². The fourth-order valence-electron chi connectivity index (χ4n) is 3.57. The maximum Gasteiger partial charge on any atom is 0.522 e. The van der Waals surface area contributed by atoms with Crippen molar-refractivity contribution in [3.05, 3.63) is 35.9 Å². The zero-order valence-electron chi connectivity index (χ0n) is 15.5. The first-order valence-electron chi connectivity index (χ1n) is 8.82. The van der Waals surface area contributed by atoms with Gasteiger partial charge in [0.25, 0.3) is 0 Å². The average Bonchev–Trinajstić information content (AvgIpc) is 2.66. The van der Waals surface area contributed by atoms with E-state index in [-0.39, 0.29) is 6.10 Å². The summed E-state index contributed by atoms with van der Waals surface area (Å²) in [5.74, 6) is 0. The summed E-state index contributed by atoms with van der Waals surface area (Å²) in [5.41, 5.74) is -4.29. The van der Waals surface area contributed by atoms with Crippen molar-refractivity contribution in [1.29, 1.82) is 0 Å². The van der Waals surface area contributed by atoms with Crippen molar-refractivity contribution in [2.75, 3.05) is 38.7 Å². The third kappa shape index (κ3) is 5.80. The summed E-state index contributed by atoms with van der Waals surface area (Å²) < 4.78 is 64.7. The molecule has 11 heteroatoms. The first-order chi connectivity index (χ1) is 13.0. The summed E-state index contributed by atoms with van der Waals surface area (Å²) in [7, 11) is -5.84. The van der Waals surface area contributed by atoms with E-state index in [9.17, 15) is 13.2 Å². The van der Waals surface area contributed by atoms with Gasteiger partial charge in [0, 0.05) is 13.1 Å². The van der Waals surface area contributed by atoms with Gasteiger partial charge < -0.3 is 9.22 Å². The first kappa shape index (κ1) is 23.4. The highest BCUT2D eigenvalue weighted by molar-refractivity contribution is 7.86. The van der Waals surface area contributed by atoms with Crippen LogP contribution in [0.1, 0.15) is 12.5 Å². The smallest absolute Gasteiger partial charge is 0.368 e. The quantitative estimate of drug-likeness (QED) is 0.248. The van der Waals surface area contributed by atoms with Crippen LogP contribution >= 0.6 is 11.6 Å². The Morgan fingerprint density at radius 1 is 1.29 bits per heavy atom. The molecule has 2 atom stereocenters. The second-order valence-electron chi connectivity index (χ2n) is 7.08. The zero-order chi connectivity index (χ0) is 21.0. The minimum atomic E-state index is -5.84. The van der Waals surface area contributed by atoms with Crippen LogP contribution in [0.3, 0.4) is 0 Å². The van der Waals surface area contributed by atoms with Crippen LogP contribution in [-0.2, 0) is 21.5 Å². The molecule has 0 saturated carbocycles. The number of piperazine rings is 3. The third-order valence-electron chi connectivity index (χ3n) is 5.30. The monoisotopic (exact) mass is 445 g/mol. The maximum absolute atomic E-state index is 10.7. The van der Waals surface area contributed by atoms with Gasteiger partial charge in [-0.2, -0.15) is 21.6 Å². The Kier molecular flexibility index (Phi) is 7.74. The molecule has 0 aromatic heterocycles. The van der Waals surface area contributed by atoms with Gasteiger partial charge in [0.2, 0.25) is 0 Å². The summed E-state index contributed by atoms with van der Waals surface area (Å²) in [6, 6.07) is 11.6. The molecule has 3 aliphatic rings. The summed E-state index contributed by atoms with van der Waals surface area (Å²) in [6.45, 7) is 8.76. The van der Waals surface area contributed by atoms with Gasteiger partial charge in [-0.05, 0) is 12.5 Å². The molecule has 3 fully saturated rings. The number of hydrogen-bond donors (Lipinski definition) is 1. The van der Waals surface area contributed by atoms with E-state index < -0.39 is 15.6 Å². The van der Waals surface area contributed by atoms with E-state index in [0.29, 0.717) is 12.6 Å². The molecule has 0 unspecified atom stereocenters. The molecule has 1 aromatic carbocycles. The maximum atomic E-state index is 10.7. The minimum absolute atomic E-state index is 0.247. The van der Waals surface area contributed by atoms with Gasteiger partial charge >= 0.3 is 15.6 Å². The molecule has 3 saturated heterocycles. The van der Waals surface area contributed by atoms with Crippen LogP contribution in [0, 0.1) is 0 Å². The third-order valence-corrected chi connectivity index (χ3v) is 6.36. The van der Waals surface area contributed by atoms with E-state index in [1.807, 2.05) is 6.07 Å². The van der Waals surface area contributed by atoms with E-state index in [1.165, 1.54) is 31.7 Å². The van der Waals surface area contributed by atoms with Crippen LogP contribution in [0.15, 0.2) is 30.3 Å². The van der Waals surface area contributed by atoms with Crippen LogP contribution in [0.4, 0.5) is 13.2 Å². The van der Waals surface area contributed by atoms with Crippen LogP contribution in [0.5, 0.6) is 0 Å². The molecule has 3 heterocycles. The molecule has 0 spiro atoms. The molecule has 4 rings (SSSR count). The highest BCUT2D eigenvalue weighted by Crippen LogP contribution is 2.29. The highest BCUT2D eigenvalue weighted by Gasteiger charge is 2.48. The molecular formula is C17H25ClF3N2O4S+. The van der Waals surface area contributed by atoms with Gasteiger partial charge in [-0.3, -0.25) is 9.45 Å². The molecule has 6 nitrogen and oxygen atoms in total. The molecule has 2 bridgehead atoms. The number of benzene rings is 1. The van der Waals surface area contributed by atoms with Crippen molar-refractivity contribution in [3.63, 3.8) is 0 Å². The second-order valence-corrected chi connectivity index (χ2v) is 8.73. The lowest BCUT2D eigenvalue weighted by Crippen LogP contribution is -2.74. The Hall–Kier alpha value is -0.910. The van der Waals surface area contributed by atoms with Crippen LogP contribution in [0.25, 0.3) is 0 Å². The summed E-state index contributed by atoms with van der Waals surface area (Å²) >= 11 is 6.32. The van der Waals surface area contributed by atoms with Crippen LogP contribution in [-0.4, -0.2) is 78.7 Å². The van der Waals surface area contributed by atoms with Gasteiger partial charge in [-0.15, -0.1) is 0 Å². The Labute approximate surface area is 168 Å². The topological polar surface area (TPSA) is 66.8 Å². The molecule has 160 valence electrons. The van der Waals surface area contributed by atoms with E-state index in [4.69, 9.17) is 29.3 Å². The molecule has 0 amide bonds. The van der Waals surface area contributed by atoms with Crippen LogP contribution < -0.4 is 0 Å². The molecule has 0 aliphatic carbocycles. The SMILES string of the molecule is C[C@@H](OCc1ccccc1)[C@@H]1CN2CC[N+]1(CCl)CC2.O=S(=O)(O)C(F)(F)F. The summed E-state index contributed by atoms with van der Waals surface area (Å²) in [4.78, 5) is 2.56. The fraction of sp³-hybridized carbons (Fsp3) is 0.647. The molecule has 3 aliphatic heterocycles. The van der Waals surface area contributed by atoms with Crippen molar-refractivity contribution < 1.29 is 35.4 Å². The van der Waals surface area contributed by atoms with Gasteiger partial charge in [0.1, 0.15) is 12.1 Å². The predicted molar refractivity (Wildman–Crippen MR) is 99.2 cm³/mol. The number of halogens is 4. The summed E-state index contributed by atoms with van der Waals surface area (Å²) in [5, 5.41) is 0. The lowest BCUT2D eigenvalue weighted by molar-refractivity contribution is -0.957. The van der Waals surface area contributed by atoms with Crippen molar-refractivity contribution in [2.24, 2.45) is 0 Å². The Morgan fingerprint density at radius 2 is 1.82 bits per heavy atom. The number of alkyl halides is 4. The second kappa shape index (κ2) is 9.27. The van der Waals surface area contributed by atoms with E-state index in [1.54, 1.807) is 0 Å². The largest absolute Gasteiger partial charge is 0.522 e. The van der Waals surface area contributed by atoms with E-state index in [2.05, 4.69) is 36.1 Å². The van der Waals surface area contributed by atoms with E-state index >= 15 is 0 Å². The lowest BCUT2D eigenvalue weighted by Gasteiger charge is -2.55. The fourth-order valence-corrected chi connectivity index (χ4v) is 3.99. The number of rotatable bonds is 5. The number of fused-ring (bicyclic) bond motifs is 3. The molecule has 1 N–H and O–H groups in total. The average molecular weight is 446 g/mol. The Morgan fingerprint density at radius 3 is 2.29 bits per heavy atom. The lowest BCUT2D eigenvalue weighted by atomic mass is 9.99. The van der Waals surface area contributed by atoms with Crippen molar-refractivity contribution in [3.8, 4) is 0 Å². The minimum Gasteiger partial charge on any atom is -0.368 e. The molecular weight excluding hydrogens is 421 g/mol. The highest BCUT2D eigenvalue weighted by atomic mass is 35.5. The van der Waals surface area contributed by atoms with Gasteiger partial charge in [0.05, 0.1) is 26.2 Å². The van der Waals surface area contributed by atoms with E-state index in [0.717, 1.165) is 17.0 Å². The van der Waals surface area contributed by atoms with Gasteiger partial charge in [0.15, 0.2) is 6.00 Å². The normalized spacial score (nSPS) is 28.4. The predicted octanol–water partition coefficient (Wildman–Crippen LogP) is 2.70.